The Hall–Kier alpha value is -1.46. The fraction of sp³-hybridized carbons (Fsp3) is 0.375. The van der Waals surface area contributed by atoms with Gasteiger partial charge in [0.05, 0.1) is 16.7 Å². The fourth-order valence-corrected chi connectivity index (χ4v) is 3.18. The molecule has 6 heteroatoms. The molecule has 118 valence electrons. The van der Waals surface area contributed by atoms with Crippen LogP contribution >= 0.6 is 11.6 Å². The van der Waals surface area contributed by atoms with Crippen LogP contribution < -0.4 is 0 Å². The summed E-state index contributed by atoms with van der Waals surface area (Å²) in [7, 11) is -3.10. The molecule has 1 aromatic heterocycles. The van der Waals surface area contributed by atoms with Gasteiger partial charge in [-0.15, -0.1) is 0 Å². The second-order valence-electron chi connectivity index (χ2n) is 5.62. The minimum absolute atomic E-state index is 0.0576. The van der Waals surface area contributed by atoms with E-state index in [1.165, 1.54) is 0 Å². The molecule has 0 atom stereocenters. The summed E-state index contributed by atoms with van der Waals surface area (Å²) >= 11 is 5.83. The van der Waals surface area contributed by atoms with Crippen LogP contribution in [-0.2, 0) is 22.0 Å². The standard InChI is InChI=1S/C16H19ClN2O2S/c1-11(2)22(20,21)10-14-6-4-5-13(7-14)8-15-12(3)9-18-16(17)19-15/h4-7,9,11H,8,10H2,1-3H3. The Kier molecular flexibility index (Phi) is 5.19. The Morgan fingerprint density at radius 3 is 2.59 bits per heavy atom. The predicted molar refractivity (Wildman–Crippen MR) is 88.8 cm³/mol. The summed E-state index contributed by atoms with van der Waals surface area (Å²) in [6.07, 6.45) is 2.29. The van der Waals surface area contributed by atoms with Crippen LogP contribution in [0.4, 0.5) is 0 Å². The first-order valence-electron chi connectivity index (χ1n) is 7.05. The number of rotatable bonds is 5. The highest BCUT2D eigenvalue weighted by molar-refractivity contribution is 7.91. The highest BCUT2D eigenvalue weighted by Gasteiger charge is 2.17. The van der Waals surface area contributed by atoms with Crippen molar-refractivity contribution in [1.29, 1.82) is 0 Å². The van der Waals surface area contributed by atoms with Crippen molar-refractivity contribution in [2.24, 2.45) is 0 Å². The molecule has 2 rings (SSSR count). The van der Waals surface area contributed by atoms with Crippen molar-refractivity contribution < 1.29 is 8.42 Å². The van der Waals surface area contributed by atoms with Gasteiger partial charge in [-0.25, -0.2) is 18.4 Å². The van der Waals surface area contributed by atoms with Crippen LogP contribution in [0.5, 0.6) is 0 Å². The number of hydrogen-bond acceptors (Lipinski definition) is 4. The van der Waals surface area contributed by atoms with E-state index in [1.54, 1.807) is 20.0 Å². The molecule has 2 aromatic rings. The predicted octanol–water partition coefficient (Wildman–Crippen LogP) is 3.35. The zero-order chi connectivity index (χ0) is 16.3. The van der Waals surface area contributed by atoms with Gasteiger partial charge in [-0.05, 0) is 49.1 Å². The number of hydrogen-bond donors (Lipinski definition) is 0. The maximum absolute atomic E-state index is 12.0. The molecule has 0 bridgehead atoms. The van der Waals surface area contributed by atoms with Gasteiger partial charge in [0.25, 0.3) is 0 Å². The number of nitrogens with zero attached hydrogens (tertiary/aromatic N) is 2. The molecule has 0 aliphatic rings. The molecule has 0 aliphatic carbocycles. The maximum Gasteiger partial charge on any atom is 0.222 e. The fourth-order valence-electron chi connectivity index (χ4n) is 2.05. The molecule has 4 nitrogen and oxygen atoms in total. The Morgan fingerprint density at radius 1 is 1.23 bits per heavy atom. The van der Waals surface area contributed by atoms with Gasteiger partial charge >= 0.3 is 0 Å². The third-order valence-electron chi connectivity index (χ3n) is 3.50. The van der Waals surface area contributed by atoms with Gasteiger partial charge < -0.3 is 0 Å². The summed E-state index contributed by atoms with van der Waals surface area (Å²) in [6, 6.07) is 7.58. The molecule has 1 aromatic carbocycles. The number of aromatic nitrogens is 2. The second-order valence-corrected chi connectivity index (χ2v) is 8.52. The largest absolute Gasteiger partial charge is 0.228 e. The molecule has 0 radical (unpaired) electrons. The van der Waals surface area contributed by atoms with Crippen LogP contribution in [0.3, 0.4) is 0 Å². The van der Waals surface area contributed by atoms with Gasteiger partial charge in [0, 0.05) is 12.6 Å². The molecule has 0 saturated carbocycles. The second kappa shape index (κ2) is 6.75. The first-order valence-corrected chi connectivity index (χ1v) is 9.14. The molecule has 0 unspecified atom stereocenters. The lowest BCUT2D eigenvalue weighted by Gasteiger charge is -2.10. The zero-order valence-corrected chi connectivity index (χ0v) is 14.4. The van der Waals surface area contributed by atoms with Gasteiger partial charge in [-0.2, -0.15) is 0 Å². The lowest BCUT2D eigenvalue weighted by molar-refractivity contribution is 0.586. The molecule has 0 fully saturated rings. The van der Waals surface area contributed by atoms with Crippen molar-refractivity contribution in [3.8, 4) is 0 Å². The summed E-state index contributed by atoms with van der Waals surface area (Å²) in [5, 5.41) is -0.154. The maximum atomic E-state index is 12.0. The van der Waals surface area contributed by atoms with E-state index in [2.05, 4.69) is 9.97 Å². The molecule has 1 heterocycles. The average molecular weight is 339 g/mol. The van der Waals surface area contributed by atoms with E-state index in [1.807, 2.05) is 31.2 Å². The number of halogens is 1. The van der Waals surface area contributed by atoms with E-state index in [9.17, 15) is 8.42 Å². The van der Waals surface area contributed by atoms with Crippen LogP contribution in [0, 0.1) is 6.92 Å². The number of benzene rings is 1. The highest BCUT2D eigenvalue weighted by Crippen LogP contribution is 2.17. The van der Waals surface area contributed by atoms with Crippen molar-refractivity contribution in [2.75, 3.05) is 0 Å². The summed E-state index contributed by atoms with van der Waals surface area (Å²) in [5.74, 6) is 0.0576. The summed E-state index contributed by atoms with van der Waals surface area (Å²) in [5.41, 5.74) is 3.62. The van der Waals surface area contributed by atoms with Crippen molar-refractivity contribution in [1.82, 2.24) is 9.97 Å². The molecule has 0 aliphatic heterocycles. The monoisotopic (exact) mass is 338 g/mol. The van der Waals surface area contributed by atoms with E-state index in [-0.39, 0.29) is 16.3 Å². The van der Waals surface area contributed by atoms with Gasteiger partial charge in [0.15, 0.2) is 9.84 Å². The molecule has 0 saturated heterocycles. The Balaban J connectivity index is 2.24. The van der Waals surface area contributed by atoms with Gasteiger partial charge in [0.2, 0.25) is 5.28 Å². The summed E-state index contributed by atoms with van der Waals surface area (Å²) < 4.78 is 24.1. The first kappa shape index (κ1) is 16.9. The van der Waals surface area contributed by atoms with E-state index in [0.717, 1.165) is 22.4 Å². The van der Waals surface area contributed by atoms with E-state index in [4.69, 9.17) is 11.6 Å². The molecule has 0 N–H and O–H groups in total. The average Bonchev–Trinajstić information content (AvgIpc) is 2.42. The minimum Gasteiger partial charge on any atom is -0.228 e. The van der Waals surface area contributed by atoms with Crippen molar-refractivity contribution >= 4 is 21.4 Å². The van der Waals surface area contributed by atoms with Crippen molar-refractivity contribution in [3.05, 3.63) is 58.1 Å². The molecule has 0 amide bonds. The van der Waals surface area contributed by atoms with Gasteiger partial charge in [0.1, 0.15) is 0 Å². The van der Waals surface area contributed by atoms with Crippen LogP contribution in [0.1, 0.15) is 36.2 Å². The molecule has 0 spiro atoms. The Bertz CT molecular complexity index is 773. The minimum atomic E-state index is -3.10. The first-order chi connectivity index (χ1) is 10.3. The lowest BCUT2D eigenvalue weighted by atomic mass is 10.0. The lowest BCUT2D eigenvalue weighted by Crippen LogP contribution is -2.16. The smallest absolute Gasteiger partial charge is 0.222 e. The Labute approximate surface area is 136 Å². The summed E-state index contributed by atoms with van der Waals surface area (Å²) in [6.45, 7) is 5.33. The number of sulfone groups is 1. The molecule has 22 heavy (non-hydrogen) atoms. The van der Waals surface area contributed by atoms with Crippen LogP contribution in [0.15, 0.2) is 30.5 Å². The summed E-state index contributed by atoms with van der Waals surface area (Å²) in [4.78, 5) is 8.18. The number of aryl methyl sites for hydroxylation is 1. The van der Waals surface area contributed by atoms with E-state index < -0.39 is 9.84 Å². The SMILES string of the molecule is Cc1cnc(Cl)nc1Cc1cccc(CS(=O)(=O)C(C)C)c1. The van der Waals surface area contributed by atoms with E-state index in [0.29, 0.717) is 6.42 Å². The normalized spacial score (nSPS) is 11.9. The molecular weight excluding hydrogens is 320 g/mol. The highest BCUT2D eigenvalue weighted by atomic mass is 35.5. The van der Waals surface area contributed by atoms with E-state index >= 15 is 0 Å². The van der Waals surface area contributed by atoms with Gasteiger partial charge in [-0.3, -0.25) is 0 Å². The van der Waals surface area contributed by atoms with Crippen LogP contribution in [-0.4, -0.2) is 23.6 Å². The van der Waals surface area contributed by atoms with Crippen molar-refractivity contribution in [3.63, 3.8) is 0 Å². The zero-order valence-electron chi connectivity index (χ0n) is 12.9. The Morgan fingerprint density at radius 2 is 1.91 bits per heavy atom. The van der Waals surface area contributed by atoms with Crippen LogP contribution in [0.2, 0.25) is 5.28 Å². The van der Waals surface area contributed by atoms with Crippen LogP contribution in [0.25, 0.3) is 0 Å². The third kappa shape index (κ3) is 4.27. The van der Waals surface area contributed by atoms with Crippen molar-refractivity contribution in [2.45, 2.75) is 38.2 Å². The topological polar surface area (TPSA) is 59.9 Å². The van der Waals surface area contributed by atoms with Gasteiger partial charge in [-0.1, -0.05) is 24.3 Å². The quantitative estimate of drug-likeness (QED) is 0.784. The third-order valence-corrected chi connectivity index (χ3v) is 5.85. The molecular formula is C16H19ClN2O2S.